The summed E-state index contributed by atoms with van der Waals surface area (Å²) < 4.78 is 6.25. The normalized spacial score (nSPS) is 10.1. The molecular formula is C12H9BrN2O3. The van der Waals surface area contributed by atoms with Crippen LogP contribution in [0.5, 0.6) is 11.5 Å². The summed E-state index contributed by atoms with van der Waals surface area (Å²) in [5, 5.41) is 11.0. The summed E-state index contributed by atoms with van der Waals surface area (Å²) in [6, 6.07) is 6.44. The van der Waals surface area contributed by atoms with E-state index in [1.807, 2.05) is 0 Å². The molecule has 0 amide bonds. The molecule has 1 aromatic heterocycles. The van der Waals surface area contributed by atoms with E-state index in [2.05, 4.69) is 20.9 Å². The Morgan fingerprint density at radius 2 is 2.17 bits per heavy atom. The molecule has 0 aliphatic heterocycles. The number of aryl methyl sites for hydroxylation is 1. The number of rotatable bonds is 3. The van der Waals surface area contributed by atoms with Crippen LogP contribution in [0.3, 0.4) is 0 Å². The largest absolute Gasteiger partial charge is 0.449 e. The number of hydrogen-bond donors (Lipinski definition) is 0. The number of para-hydroxylation sites is 1. The second-order valence-corrected chi connectivity index (χ2v) is 4.44. The smallest absolute Gasteiger partial charge is 0.311 e. The topological polar surface area (TPSA) is 65.3 Å². The second kappa shape index (κ2) is 5.14. The number of nitro groups is 1. The molecule has 6 heteroatoms. The van der Waals surface area contributed by atoms with Crippen LogP contribution >= 0.6 is 15.9 Å². The summed E-state index contributed by atoms with van der Waals surface area (Å²) in [6.07, 6.45) is 3.13. The van der Waals surface area contributed by atoms with Crippen molar-refractivity contribution in [2.24, 2.45) is 0 Å². The highest BCUT2D eigenvalue weighted by Crippen LogP contribution is 2.36. The average Bonchev–Trinajstić information content (AvgIpc) is 2.34. The molecule has 0 N–H and O–H groups in total. The number of aromatic nitrogens is 1. The van der Waals surface area contributed by atoms with Crippen LogP contribution in [0.1, 0.15) is 5.56 Å². The van der Waals surface area contributed by atoms with Crippen molar-refractivity contribution < 1.29 is 9.66 Å². The summed E-state index contributed by atoms with van der Waals surface area (Å²) in [5.74, 6) is 0.733. The highest BCUT2D eigenvalue weighted by atomic mass is 79.9. The fourth-order valence-electron chi connectivity index (χ4n) is 1.47. The first kappa shape index (κ1) is 12.5. The van der Waals surface area contributed by atoms with Gasteiger partial charge in [-0.1, -0.05) is 12.1 Å². The minimum absolute atomic E-state index is 0.0567. The van der Waals surface area contributed by atoms with E-state index in [-0.39, 0.29) is 11.4 Å². The third-order valence-corrected chi connectivity index (χ3v) is 2.93. The summed E-state index contributed by atoms with van der Waals surface area (Å²) in [6.45, 7) is 1.76. The Morgan fingerprint density at radius 1 is 1.39 bits per heavy atom. The van der Waals surface area contributed by atoms with Crippen molar-refractivity contribution >= 4 is 21.6 Å². The Bertz CT molecular complexity index is 602. The van der Waals surface area contributed by atoms with Crippen LogP contribution in [0, 0.1) is 17.0 Å². The molecule has 0 aliphatic rings. The molecule has 0 spiro atoms. The van der Waals surface area contributed by atoms with E-state index in [0.717, 1.165) is 0 Å². The highest BCUT2D eigenvalue weighted by molar-refractivity contribution is 9.10. The standard InChI is InChI=1S/C12H9BrN2O3/c1-8-3-2-4-10(15(16)17)12(8)18-11-5-6-14-7-9(11)13/h2-7H,1H3. The molecule has 2 aromatic rings. The number of ether oxygens (including phenoxy) is 1. The maximum atomic E-state index is 11.0. The molecule has 0 radical (unpaired) electrons. The molecule has 0 fully saturated rings. The Labute approximate surface area is 112 Å². The molecule has 0 saturated heterocycles. The Kier molecular flexibility index (Phi) is 3.57. The zero-order valence-corrected chi connectivity index (χ0v) is 11.0. The van der Waals surface area contributed by atoms with Gasteiger partial charge in [-0.15, -0.1) is 0 Å². The van der Waals surface area contributed by atoms with Gasteiger partial charge in [0.1, 0.15) is 5.75 Å². The van der Waals surface area contributed by atoms with Gasteiger partial charge in [-0.2, -0.15) is 0 Å². The quantitative estimate of drug-likeness (QED) is 0.638. The lowest BCUT2D eigenvalue weighted by atomic mass is 10.2. The van der Waals surface area contributed by atoms with Crippen LogP contribution in [-0.2, 0) is 0 Å². The molecular weight excluding hydrogens is 300 g/mol. The number of halogens is 1. The molecule has 1 heterocycles. The number of pyridine rings is 1. The van der Waals surface area contributed by atoms with Gasteiger partial charge in [-0.05, 0) is 28.4 Å². The van der Waals surface area contributed by atoms with Gasteiger partial charge in [0.05, 0.1) is 9.40 Å². The number of benzene rings is 1. The van der Waals surface area contributed by atoms with E-state index in [1.54, 1.807) is 37.5 Å². The minimum atomic E-state index is -0.461. The van der Waals surface area contributed by atoms with Crippen molar-refractivity contribution in [3.8, 4) is 11.5 Å². The first-order chi connectivity index (χ1) is 8.59. The average molecular weight is 309 g/mol. The molecule has 1 aromatic carbocycles. The predicted octanol–water partition coefficient (Wildman–Crippen LogP) is 3.85. The molecule has 2 rings (SSSR count). The van der Waals surface area contributed by atoms with Gasteiger partial charge in [0.2, 0.25) is 5.75 Å². The monoisotopic (exact) mass is 308 g/mol. The lowest BCUT2D eigenvalue weighted by Crippen LogP contribution is -1.96. The Balaban J connectivity index is 2.46. The van der Waals surface area contributed by atoms with Crippen molar-refractivity contribution in [2.45, 2.75) is 6.92 Å². The van der Waals surface area contributed by atoms with E-state index in [0.29, 0.717) is 15.8 Å². The van der Waals surface area contributed by atoms with Crippen molar-refractivity contribution in [1.29, 1.82) is 0 Å². The molecule has 18 heavy (non-hydrogen) atoms. The van der Waals surface area contributed by atoms with Crippen LogP contribution in [0.15, 0.2) is 41.1 Å². The fraction of sp³-hybridized carbons (Fsp3) is 0.0833. The zero-order chi connectivity index (χ0) is 13.1. The first-order valence-corrected chi connectivity index (χ1v) is 5.90. The SMILES string of the molecule is Cc1cccc([N+](=O)[O-])c1Oc1ccncc1Br. The summed E-state index contributed by atoms with van der Waals surface area (Å²) in [7, 11) is 0. The zero-order valence-electron chi connectivity index (χ0n) is 9.46. The third kappa shape index (κ3) is 2.48. The van der Waals surface area contributed by atoms with Gasteiger partial charge in [0, 0.05) is 24.5 Å². The van der Waals surface area contributed by atoms with Crippen LogP contribution in [-0.4, -0.2) is 9.91 Å². The van der Waals surface area contributed by atoms with Crippen molar-refractivity contribution in [3.05, 3.63) is 56.8 Å². The first-order valence-electron chi connectivity index (χ1n) is 5.11. The molecule has 0 atom stereocenters. The van der Waals surface area contributed by atoms with Crippen LogP contribution < -0.4 is 4.74 Å². The van der Waals surface area contributed by atoms with Crippen molar-refractivity contribution in [3.63, 3.8) is 0 Å². The summed E-state index contributed by atoms with van der Waals surface area (Å²) >= 11 is 3.28. The van der Waals surface area contributed by atoms with Crippen LogP contribution in [0.4, 0.5) is 5.69 Å². The molecule has 0 saturated carbocycles. The summed E-state index contributed by atoms with van der Waals surface area (Å²) in [4.78, 5) is 14.4. The van der Waals surface area contributed by atoms with Gasteiger partial charge in [-0.3, -0.25) is 15.1 Å². The fourth-order valence-corrected chi connectivity index (χ4v) is 1.80. The van der Waals surface area contributed by atoms with Crippen molar-refractivity contribution in [2.75, 3.05) is 0 Å². The van der Waals surface area contributed by atoms with E-state index in [9.17, 15) is 10.1 Å². The number of hydrogen-bond acceptors (Lipinski definition) is 4. The number of nitro benzene ring substituents is 1. The Hall–Kier alpha value is -1.95. The lowest BCUT2D eigenvalue weighted by Gasteiger charge is -2.09. The van der Waals surface area contributed by atoms with E-state index < -0.39 is 4.92 Å². The van der Waals surface area contributed by atoms with Crippen LogP contribution in [0.25, 0.3) is 0 Å². The van der Waals surface area contributed by atoms with Gasteiger partial charge in [0.15, 0.2) is 0 Å². The predicted molar refractivity (Wildman–Crippen MR) is 69.8 cm³/mol. The summed E-state index contributed by atoms with van der Waals surface area (Å²) in [5.41, 5.74) is 0.645. The van der Waals surface area contributed by atoms with E-state index >= 15 is 0 Å². The number of nitrogens with zero attached hydrogens (tertiary/aromatic N) is 2. The van der Waals surface area contributed by atoms with Gasteiger partial charge in [0.25, 0.3) is 0 Å². The molecule has 0 aliphatic carbocycles. The van der Waals surface area contributed by atoms with Crippen LogP contribution in [0.2, 0.25) is 0 Å². The third-order valence-electron chi connectivity index (χ3n) is 2.34. The van der Waals surface area contributed by atoms with E-state index in [1.165, 1.54) is 6.07 Å². The van der Waals surface area contributed by atoms with Gasteiger partial charge in [-0.25, -0.2) is 0 Å². The Morgan fingerprint density at radius 3 is 2.83 bits per heavy atom. The molecule has 92 valence electrons. The minimum Gasteiger partial charge on any atom is -0.449 e. The maximum absolute atomic E-state index is 11.0. The van der Waals surface area contributed by atoms with E-state index in [4.69, 9.17) is 4.74 Å². The molecule has 5 nitrogen and oxygen atoms in total. The van der Waals surface area contributed by atoms with Crippen molar-refractivity contribution in [1.82, 2.24) is 4.98 Å². The lowest BCUT2D eigenvalue weighted by molar-refractivity contribution is -0.385. The molecule has 0 bridgehead atoms. The highest BCUT2D eigenvalue weighted by Gasteiger charge is 2.18. The maximum Gasteiger partial charge on any atom is 0.311 e. The molecule has 0 unspecified atom stereocenters. The second-order valence-electron chi connectivity index (χ2n) is 3.59. The van der Waals surface area contributed by atoms with Gasteiger partial charge >= 0.3 is 5.69 Å². The van der Waals surface area contributed by atoms with Gasteiger partial charge < -0.3 is 4.74 Å².